The summed E-state index contributed by atoms with van der Waals surface area (Å²) in [4.78, 5) is 26.4. The average Bonchev–Trinajstić information content (AvgIpc) is 3.14. The Kier molecular flexibility index (Phi) is 4.14. The first-order chi connectivity index (χ1) is 11.0. The van der Waals surface area contributed by atoms with Gasteiger partial charge < -0.3 is 14.6 Å². The topological polar surface area (TPSA) is 93.2 Å². The van der Waals surface area contributed by atoms with E-state index in [1.165, 1.54) is 10.6 Å². The van der Waals surface area contributed by atoms with Crippen molar-refractivity contribution in [1.82, 2.24) is 24.5 Å². The lowest BCUT2D eigenvalue weighted by Gasteiger charge is -2.25. The summed E-state index contributed by atoms with van der Waals surface area (Å²) in [7, 11) is 0. The van der Waals surface area contributed by atoms with Crippen LogP contribution in [0.3, 0.4) is 0 Å². The number of nitrogens with zero attached hydrogens (tertiary/aromatic N) is 5. The van der Waals surface area contributed by atoms with Crippen molar-refractivity contribution in [2.75, 3.05) is 6.54 Å². The monoisotopic (exact) mass is 317 g/mol. The minimum Gasteiger partial charge on any atom is -0.508 e. The summed E-state index contributed by atoms with van der Waals surface area (Å²) in [6.45, 7) is 2.98. The van der Waals surface area contributed by atoms with Crippen LogP contribution in [0, 0.1) is 6.92 Å². The Bertz CT molecular complexity index is 753. The number of aromatic hydroxyl groups is 1. The SMILES string of the molecule is Cc1cc(O)cc(=O)n1CC(=O)N1CCC[C@H]1Cn1ccnn1. The quantitative estimate of drug-likeness (QED) is 0.866. The van der Waals surface area contributed by atoms with Gasteiger partial charge in [-0.3, -0.25) is 14.3 Å². The van der Waals surface area contributed by atoms with Gasteiger partial charge >= 0.3 is 0 Å². The molecule has 0 aliphatic carbocycles. The molecule has 0 radical (unpaired) electrons. The molecule has 2 aromatic rings. The summed E-state index contributed by atoms with van der Waals surface area (Å²) >= 11 is 0. The first-order valence-electron chi connectivity index (χ1n) is 7.58. The lowest BCUT2D eigenvalue weighted by molar-refractivity contribution is -0.133. The van der Waals surface area contributed by atoms with Crippen LogP contribution in [0.5, 0.6) is 5.75 Å². The minimum atomic E-state index is -0.372. The normalized spacial score (nSPS) is 17.6. The van der Waals surface area contributed by atoms with E-state index in [4.69, 9.17) is 0 Å². The highest BCUT2D eigenvalue weighted by atomic mass is 16.3. The zero-order valence-corrected chi connectivity index (χ0v) is 12.9. The first kappa shape index (κ1) is 15.3. The standard InChI is InChI=1S/C15H19N5O3/c1-11-7-13(21)8-14(22)20(11)10-15(23)19-5-2-3-12(19)9-18-6-4-16-17-18/h4,6-8,12,21H,2-3,5,9-10H2,1H3/t12-/m0/s1. The van der Waals surface area contributed by atoms with Crippen LogP contribution in [-0.4, -0.2) is 48.1 Å². The second-order valence-electron chi connectivity index (χ2n) is 5.79. The van der Waals surface area contributed by atoms with Gasteiger partial charge in [0, 0.05) is 24.5 Å². The van der Waals surface area contributed by atoms with E-state index in [-0.39, 0.29) is 29.8 Å². The van der Waals surface area contributed by atoms with Gasteiger partial charge in [-0.2, -0.15) is 0 Å². The molecule has 122 valence electrons. The van der Waals surface area contributed by atoms with Gasteiger partial charge in [0.2, 0.25) is 5.91 Å². The molecular formula is C15H19N5O3. The average molecular weight is 317 g/mol. The number of pyridine rings is 1. The predicted octanol–water partition coefficient (Wildman–Crippen LogP) is 0.145. The zero-order valence-electron chi connectivity index (χ0n) is 12.9. The van der Waals surface area contributed by atoms with E-state index in [2.05, 4.69) is 10.3 Å². The Morgan fingerprint density at radius 2 is 2.26 bits per heavy atom. The fourth-order valence-electron chi connectivity index (χ4n) is 3.04. The highest BCUT2D eigenvalue weighted by molar-refractivity contribution is 5.76. The van der Waals surface area contributed by atoms with Gasteiger partial charge in [-0.1, -0.05) is 5.21 Å². The molecule has 0 saturated carbocycles. The fourth-order valence-corrected chi connectivity index (χ4v) is 3.04. The van der Waals surface area contributed by atoms with Crippen LogP contribution in [0.1, 0.15) is 18.5 Å². The highest BCUT2D eigenvalue weighted by Crippen LogP contribution is 2.19. The molecule has 3 heterocycles. The maximum atomic E-state index is 12.6. The maximum absolute atomic E-state index is 12.6. The molecule has 8 heteroatoms. The molecule has 0 bridgehead atoms. The van der Waals surface area contributed by atoms with Gasteiger partial charge in [-0.05, 0) is 25.8 Å². The summed E-state index contributed by atoms with van der Waals surface area (Å²) in [5.41, 5.74) is 0.193. The molecule has 0 spiro atoms. The molecule has 3 rings (SSSR count). The third-order valence-corrected chi connectivity index (χ3v) is 4.18. The molecule has 1 fully saturated rings. The number of hydrogen-bond acceptors (Lipinski definition) is 5. The number of likely N-dealkylation sites (tertiary alicyclic amines) is 1. The molecule has 23 heavy (non-hydrogen) atoms. The molecule has 1 aliphatic heterocycles. The molecule has 1 atom stereocenters. The number of amides is 1. The third-order valence-electron chi connectivity index (χ3n) is 4.18. The lowest BCUT2D eigenvalue weighted by atomic mass is 10.2. The van der Waals surface area contributed by atoms with Crippen molar-refractivity contribution in [1.29, 1.82) is 0 Å². The molecule has 1 aliphatic rings. The number of aromatic nitrogens is 4. The van der Waals surface area contributed by atoms with E-state index in [9.17, 15) is 14.7 Å². The van der Waals surface area contributed by atoms with Crippen molar-refractivity contribution in [3.8, 4) is 5.75 Å². The Hall–Kier alpha value is -2.64. The van der Waals surface area contributed by atoms with E-state index >= 15 is 0 Å². The maximum Gasteiger partial charge on any atom is 0.254 e. The second kappa shape index (κ2) is 6.23. The van der Waals surface area contributed by atoms with E-state index in [0.29, 0.717) is 18.8 Å². The van der Waals surface area contributed by atoms with Crippen molar-refractivity contribution >= 4 is 5.91 Å². The summed E-state index contributed by atoms with van der Waals surface area (Å²) in [6.07, 6.45) is 5.24. The van der Waals surface area contributed by atoms with Crippen molar-refractivity contribution in [2.45, 2.75) is 38.9 Å². The summed E-state index contributed by atoms with van der Waals surface area (Å²) < 4.78 is 3.10. The van der Waals surface area contributed by atoms with Crippen LogP contribution in [0.25, 0.3) is 0 Å². The number of carbonyl (C=O) groups is 1. The van der Waals surface area contributed by atoms with Gasteiger partial charge in [0.15, 0.2) is 0 Å². The van der Waals surface area contributed by atoms with Crippen molar-refractivity contribution < 1.29 is 9.90 Å². The van der Waals surface area contributed by atoms with Crippen LogP contribution < -0.4 is 5.56 Å². The zero-order chi connectivity index (χ0) is 16.4. The molecule has 1 N–H and O–H groups in total. The number of hydrogen-bond donors (Lipinski definition) is 1. The lowest BCUT2D eigenvalue weighted by Crippen LogP contribution is -2.41. The summed E-state index contributed by atoms with van der Waals surface area (Å²) in [5, 5.41) is 17.1. The Labute approximate surface area is 133 Å². The summed E-state index contributed by atoms with van der Waals surface area (Å²) in [5.74, 6) is -0.176. The van der Waals surface area contributed by atoms with Crippen LogP contribution in [-0.2, 0) is 17.9 Å². The second-order valence-corrected chi connectivity index (χ2v) is 5.79. The molecular weight excluding hydrogens is 298 g/mol. The van der Waals surface area contributed by atoms with Crippen molar-refractivity contribution in [2.24, 2.45) is 0 Å². The summed E-state index contributed by atoms with van der Waals surface area (Å²) in [6, 6.07) is 2.67. The molecule has 8 nitrogen and oxygen atoms in total. The predicted molar refractivity (Wildman–Crippen MR) is 81.9 cm³/mol. The first-order valence-corrected chi connectivity index (χ1v) is 7.58. The molecule has 1 saturated heterocycles. The molecule has 0 aromatic carbocycles. The van der Waals surface area contributed by atoms with Gasteiger partial charge in [0.05, 0.1) is 18.8 Å². The van der Waals surface area contributed by atoms with Gasteiger partial charge in [-0.15, -0.1) is 5.10 Å². The Morgan fingerprint density at radius 1 is 1.43 bits per heavy atom. The van der Waals surface area contributed by atoms with Crippen LogP contribution in [0.15, 0.2) is 29.3 Å². The van der Waals surface area contributed by atoms with E-state index in [0.717, 1.165) is 18.9 Å². The van der Waals surface area contributed by atoms with E-state index in [1.54, 1.807) is 28.9 Å². The van der Waals surface area contributed by atoms with E-state index < -0.39 is 0 Å². The van der Waals surface area contributed by atoms with Gasteiger partial charge in [0.1, 0.15) is 12.3 Å². The minimum absolute atomic E-state index is 0.0151. The molecule has 1 amide bonds. The number of aryl methyl sites for hydroxylation is 1. The highest BCUT2D eigenvalue weighted by Gasteiger charge is 2.29. The van der Waals surface area contributed by atoms with E-state index in [1.807, 2.05) is 0 Å². The Morgan fingerprint density at radius 3 is 2.96 bits per heavy atom. The van der Waals surface area contributed by atoms with Crippen molar-refractivity contribution in [3.05, 3.63) is 40.6 Å². The largest absolute Gasteiger partial charge is 0.508 e. The Balaban J connectivity index is 1.74. The fraction of sp³-hybridized carbons (Fsp3) is 0.467. The smallest absolute Gasteiger partial charge is 0.254 e. The third kappa shape index (κ3) is 3.25. The van der Waals surface area contributed by atoms with Crippen LogP contribution in [0.4, 0.5) is 0 Å². The van der Waals surface area contributed by atoms with Crippen LogP contribution >= 0.6 is 0 Å². The van der Waals surface area contributed by atoms with Gasteiger partial charge in [-0.25, -0.2) is 0 Å². The number of carbonyl (C=O) groups excluding carboxylic acids is 1. The molecule has 2 aromatic heterocycles. The number of rotatable bonds is 4. The van der Waals surface area contributed by atoms with Crippen LogP contribution in [0.2, 0.25) is 0 Å². The van der Waals surface area contributed by atoms with Gasteiger partial charge in [0.25, 0.3) is 5.56 Å². The van der Waals surface area contributed by atoms with Crippen molar-refractivity contribution in [3.63, 3.8) is 0 Å². The molecule has 0 unspecified atom stereocenters.